The predicted octanol–water partition coefficient (Wildman–Crippen LogP) is 2.61. The van der Waals surface area contributed by atoms with Crippen molar-refractivity contribution in [1.82, 2.24) is 4.90 Å². The zero-order chi connectivity index (χ0) is 8.10. The fourth-order valence-electron chi connectivity index (χ4n) is 1.40. The van der Waals surface area contributed by atoms with Crippen molar-refractivity contribution in [2.75, 3.05) is 19.6 Å². The van der Waals surface area contributed by atoms with E-state index in [4.69, 9.17) is 11.6 Å². The van der Waals surface area contributed by atoms with E-state index in [0.29, 0.717) is 0 Å². The number of hydrogen-bond acceptors (Lipinski definition) is 1. The molecule has 0 spiro atoms. The first-order valence-electron chi connectivity index (χ1n) is 4.33. The molecule has 0 bridgehead atoms. The van der Waals surface area contributed by atoms with Gasteiger partial charge in [-0.1, -0.05) is 24.1 Å². The molecular formula is C9H16ClN. The van der Waals surface area contributed by atoms with Gasteiger partial charge in [-0.25, -0.2) is 0 Å². The van der Waals surface area contributed by atoms with Crippen LogP contribution in [0.1, 0.15) is 26.2 Å². The molecule has 0 atom stereocenters. The Morgan fingerprint density at radius 3 is 2.55 bits per heavy atom. The van der Waals surface area contributed by atoms with Crippen molar-refractivity contribution < 1.29 is 0 Å². The molecule has 0 saturated carbocycles. The smallest absolute Gasteiger partial charge is 0.0177 e. The average Bonchev–Trinajstić information content (AvgIpc) is 2.03. The quantitative estimate of drug-likeness (QED) is 0.621. The number of rotatable bonds is 2. The highest BCUT2D eigenvalue weighted by atomic mass is 35.5. The van der Waals surface area contributed by atoms with Crippen molar-refractivity contribution >= 4 is 11.6 Å². The van der Waals surface area contributed by atoms with E-state index in [1.165, 1.54) is 32.4 Å². The van der Waals surface area contributed by atoms with Crippen molar-refractivity contribution in [3.8, 4) is 0 Å². The lowest BCUT2D eigenvalue weighted by Gasteiger charge is -2.24. The molecule has 64 valence electrons. The van der Waals surface area contributed by atoms with Gasteiger partial charge in [0.25, 0.3) is 0 Å². The minimum absolute atomic E-state index is 0.913. The monoisotopic (exact) mass is 173 g/mol. The molecule has 1 heterocycles. The van der Waals surface area contributed by atoms with Crippen LogP contribution >= 0.6 is 11.6 Å². The molecule has 1 saturated heterocycles. The molecule has 1 fully saturated rings. The minimum atomic E-state index is 0.913. The van der Waals surface area contributed by atoms with E-state index in [1.807, 2.05) is 6.92 Å². The number of allylic oxidation sites excluding steroid dienone is 1. The second-order valence-electron chi connectivity index (χ2n) is 3.15. The van der Waals surface area contributed by atoms with Crippen LogP contribution in [0.3, 0.4) is 0 Å². The van der Waals surface area contributed by atoms with Crippen molar-refractivity contribution in [2.45, 2.75) is 26.2 Å². The zero-order valence-corrected chi connectivity index (χ0v) is 7.90. The lowest BCUT2D eigenvalue weighted by molar-refractivity contribution is 0.251. The molecule has 0 radical (unpaired) electrons. The molecule has 2 heteroatoms. The maximum atomic E-state index is 5.73. The maximum Gasteiger partial charge on any atom is 0.0177 e. The minimum Gasteiger partial charge on any atom is -0.300 e. The maximum absolute atomic E-state index is 5.73. The first kappa shape index (κ1) is 9.08. The van der Waals surface area contributed by atoms with E-state index < -0.39 is 0 Å². The molecule has 0 aromatic rings. The molecule has 0 aliphatic carbocycles. The van der Waals surface area contributed by atoms with Crippen molar-refractivity contribution in [2.24, 2.45) is 0 Å². The van der Waals surface area contributed by atoms with E-state index in [9.17, 15) is 0 Å². The van der Waals surface area contributed by atoms with Gasteiger partial charge < -0.3 is 0 Å². The summed E-state index contributed by atoms with van der Waals surface area (Å²) in [6.07, 6.45) is 6.21. The van der Waals surface area contributed by atoms with E-state index in [1.54, 1.807) is 0 Å². The van der Waals surface area contributed by atoms with E-state index >= 15 is 0 Å². The Kier molecular flexibility index (Phi) is 3.95. The third-order valence-corrected chi connectivity index (χ3v) is 2.23. The van der Waals surface area contributed by atoms with Gasteiger partial charge in [0.05, 0.1) is 0 Å². The Bertz CT molecular complexity index is 132. The number of piperidine rings is 1. The highest BCUT2D eigenvalue weighted by molar-refractivity contribution is 6.29. The second kappa shape index (κ2) is 4.78. The summed E-state index contributed by atoms with van der Waals surface area (Å²) in [4.78, 5) is 2.45. The van der Waals surface area contributed by atoms with Gasteiger partial charge in [-0.2, -0.15) is 0 Å². The Morgan fingerprint density at radius 2 is 2.00 bits per heavy atom. The SMILES string of the molecule is C/C(Cl)=C\CN1CCCCC1. The molecule has 1 aliphatic rings. The summed E-state index contributed by atoms with van der Waals surface area (Å²) in [5.74, 6) is 0. The molecule has 0 N–H and O–H groups in total. The summed E-state index contributed by atoms with van der Waals surface area (Å²) in [5.41, 5.74) is 0. The molecule has 1 aliphatic heterocycles. The van der Waals surface area contributed by atoms with E-state index in [-0.39, 0.29) is 0 Å². The molecule has 11 heavy (non-hydrogen) atoms. The Labute approximate surface area is 74.0 Å². The van der Waals surface area contributed by atoms with Gasteiger partial charge in [0, 0.05) is 11.6 Å². The predicted molar refractivity (Wildman–Crippen MR) is 49.9 cm³/mol. The fourth-order valence-corrected chi connectivity index (χ4v) is 1.47. The van der Waals surface area contributed by atoms with Crippen molar-refractivity contribution in [3.63, 3.8) is 0 Å². The molecule has 0 unspecified atom stereocenters. The molecule has 1 nitrogen and oxygen atoms in total. The lowest BCUT2D eigenvalue weighted by atomic mass is 10.1. The molecular weight excluding hydrogens is 158 g/mol. The van der Waals surface area contributed by atoms with Gasteiger partial charge in [-0.05, 0) is 32.9 Å². The van der Waals surface area contributed by atoms with Crippen molar-refractivity contribution in [3.05, 3.63) is 11.1 Å². The standard InChI is InChI=1S/C9H16ClN/c1-9(10)5-8-11-6-3-2-4-7-11/h5H,2-4,6-8H2,1H3/b9-5+. The molecule has 0 aromatic heterocycles. The number of halogens is 1. The van der Waals surface area contributed by atoms with Crippen molar-refractivity contribution in [1.29, 1.82) is 0 Å². The summed E-state index contributed by atoms with van der Waals surface area (Å²) in [6, 6.07) is 0. The van der Waals surface area contributed by atoms with E-state index in [0.717, 1.165) is 11.6 Å². The average molecular weight is 174 g/mol. The first-order chi connectivity index (χ1) is 5.29. The summed E-state index contributed by atoms with van der Waals surface area (Å²) < 4.78 is 0. The first-order valence-corrected chi connectivity index (χ1v) is 4.71. The number of nitrogens with zero attached hydrogens (tertiary/aromatic N) is 1. The van der Waals surface area contributed by atoms with Crippen LogP contribution in [0.4, 0.5) is 0 Å². The van der Waals surface area contributed by atoms with Gasteiger partial charge in [0.1, 0.15) is 0 Å². The van der Waals surface area contributed by atoms with Gasteiger partial charge in [-0.15, -0.1) is 0 Å². The number of hydrogen-bond donors (Lipinski definition) is 0. The molecule has 1 rings (SSSR count). The Balaban J connectivity index is 2.19. The van der Waals surface area contributed by atoms with Crippen LogP contribution in [-0.4, -0.2) is 24.5 Å². The summed E-state index contributed by atoms with van der Waals surface area (Å²) in [6.45, 7) is 5.47. The van der Waals surface area contributed by atoms with Gasteiger partial charge in [0.15, 0.2) is 0 Å². The topological polar surface area (TPSA) is 3.24 Å². The number of likely N-dealkylation sites (tertiary alicyclic amines) is 1. The van der Waals surface area contributed by atoms with Crippen LogP contribution in [0.15, 0.2) is 11.1 Å². The van der Waals surface area contributed by atoms with Crippen LogP contribution in [-0.2, 0) is 0 Å². The van der Waals surface area contributed by atoms with Gasteiger partial charge >= 0.3 is 0 Å². The van der Waals surface area contributed by atoms with Crippen LogP contribution in [0.5, 0.6) is 0 Å². The Hall–Kier alpha value is -0.0100. The van der Waals surface area contributed by atoms with E-state index in [2.05, 4.69) is 11.0 Å². The fraction of sp³-hybridized carbons (Fsp3) is 0.778. The highest BCUT2D eigenvalue weighted by Crippen LogP contribution is 2.09. The lowest BCUT2D eigenvalue weighted by Crippen LogP contribution is -2.29. The van der Waals surface area contributed by atoms with Crippen LogP contribution in [0.2, 0.25) is 0 Å². The second-order valence-corrected chi connectivity index (χ2v) is 3.75. The molecule has 0 amide bonds. The summed E-state index contributed by atoms with van der Waals surface area (Å²) >= 11 is 5.73. The third kappa shape index (κ3) is 3.78. The van der Waals surface area contributed by atoms with Crippen LogP contribution in [0.25, 0.3) is 0 Å². The molecule has 0 aromatic carbocycles. The van der Waals surface area contributed by atoms with Gasteiger partial charge in [0.2, 0.25) is 0 Å². The van der Waals surface area contributed by atoms with Crippen LogP contribution < -0.4 is 0 Å². The zero-order valence-electron chi connectivity index (χ0n) is 7.15. The summed E-state index contributed by atoms with van der Waals surface area (Å²) in [5, 5.41) is 0.913. The Morgan fingerprint density at radius 1 is 1.36 bits per heavy atom. The van der Waals surface area contributed by atoms with Gasteiger partial charge in [-0.3, -0.25) is 4.90 Å². The highest BCUT2D eigenvalue weighted by Gasteiger charge is 2.07. The summed E-state index contributed by atoms with van der Waals surface area (Å²) in [7, 11) is 0. The third-order valence-electron chi connectivity index (χ3n) is 2.08. The normalized spacial score (nSPS) is 22.2. The van der Waals surface area contributed by atoms with Crippen LogP contribution in [0, 0.1) is 0 Å². The largest absolute Gasteiger partial charge is 0.300 e.